The van der Waals surface area contributed by atoms with Crippen LogP contribution in [-0.4, -0.2) is 72.4 Å². The molecule has 2 unspecified atom stereocenters. The minimum absolute atomic E-state index is 0.0826. The van der Waals surface area contributed by atoms with Gasteiger partial charge in [-0.1, -0.05) is 51.3 Å². The lowest BCUT2D eigenvalue weighted by molar-refractivity contribution is -0.179. The first kappa shape index (κ1) is 35.5. The zero-order valence-electron chi connectivity index (χ0n) is 25.8. The number of benzene rings is 2. The van der Waals surface area contributed by atoms with Crippen molar-refractivity contribution in [2.45, 2.75) is 70.7 Å². The summed E-state index contributed by atoms with van der Waals surface area (Å²) in [5, 5.41) is 20.0. The molecule has 0 amide bonds. The van der Waals surface area contributed by atoms with E-state index in [0.29, 0.717) is 11.5 Å². The third-order valence-electron chi connectivity index (χ3n) is 6.30. The van der Waals surface area contributed by atoms with Gasteiger partial charge in [0.2, 0.25) is 11.6 Å². The van der Waals surface area contributed by atoms with Crippen molar-refractivity contribution in [3.63, 3.8) is 0 Å². The quantitative estimate of drug-likeness (QED) is 0.144. The van der Waals surface area contributed by atoms with Crippen molar-refractivity contribution in [2.24, 2.45) is 0 Å². The number of hydrogen-bond acceptors (Lipinski definition) is 10. The van der Waals surface area contributed by atoms with E-state index in [1.165, 1.54) is 0 Å². The van der Waals surface area contributed by atoms with Crippen LogP contribution in [-0.2, 0) is 34.0 Å². The fourth-order valence-corrected chi connectivity index (χ4v) is 3.84. The summed E-state index contributed by atoms with van der Waals surface area (Å²) in [7, 11) is 0. The van der Waals surface area contributed by atoms with Crippen LogP contribution < -0.4 is 9.47 Å². The molecule has 0 aliphatic heterocycles. The first-order chi connectivity index (χ1) is 20.1. The Labute approximate surface area is 253 Å². The third-order valence-corrected chi connectivity index (χ3v) is 6.30. The van der Waals surface area contributed by atoms with Gasteiger partial charge in [0.15, 0.2) is 0 Å². The number of ether oxygens (including phenoxy) is 6. The van der Waals surface area contributed by atoms with Gasteiger partial charge >= 0.3 is 11.9 Å². The van der Waals surface area contributed by atoms with Crippen molar-refractivity contribution < 1.29 is 48.2 Å². The standard InChI is InChI=1S/C33H44O10/c1-9-29(36)38-19-25(34)21-40-32(5,6)42-27-15-11-23(12-16-27)31(3,4)24-13-17-28(18-14-24)43-33(7,8)41-22-26(35)20-39-30(37)10-2/h9-18,25-26,34-35H,1-2,19-22H2,3-8H3. The molecule has 0 aliphatic rings. The summed E-state index contributed by atoms with van der Waals surface area (Å²) in [5.41, 5.74) is 1.78. The highest BCUT2D eigenvalue weighted by Gasteiger charge is 2.27. The molecule has 0 heterocycles. The lowest BCUT2D eigenvalue weighted by Crippen LogP contribution is -2.36. The molecule has 236 valence electrons. The number of aliphatic hydroxyl groups is 2. The highest BCUT2D eigenvalue weighted by molar-refractivity contribution is 5.81. The number of rotatable bonds is 18. The molecule has 2 rings (SSSR count). The molecule has 0 radical (unpaired) electrons. The molecule has 0 saturated carbocycles. The Morgan fingerprint density at radius 2 is 0.977 bits per heavy atom. The van der Waals surface area contributed by atoms with Crippen molar-refractivity contribution >= 4 is 11.9 Å². The summed E-state index contributed by atoms with van der Waals surface area (Å²) in [6, 6.07) is 15.3. The number of esters is 2. The Hall–Kier alpha value is -3.70. The molecule has 0 saturated heterocycles. The Balaban J connectivity index is 1.94. The number of carbonyl (C=O) groups is 2. The van der Waals surface area contributed by atoms with E-state index in [1.54, 1.807) is 27.7 Å². The molecule has 0 aliphatic carbocycles. The van der Waals surface area contributed by atoms with E-state index in [2.05, 4.69) is 27.0 Å². The highest BCUT2D eigenvalue weighted by Crippen LogP contribution is 2.34. The fourth-order valence-electron chi connectivity index (χ4n) is 3.84. The van der Waals surface area contributed by atoms with Gasteiger partial charge in [-0.05, 0) is 35.4 Å². The molecule has 0 fully saturated rings. The average Bonchev–Trinajstić information content (AvgIpc) is 2.96. The number of hydrogen-bond donors (Lipinski definition) is 2. The van der Waals surface area contributed by atoms with E-state index in [-0.39, 0.29) is 31.8 Å². The minimum Gasteiger partial charge on any atom is -0.463 e. The first-order valence-electron chi connectivity index (χ1n) is 13.9. The lowest BCUT2D eigenvalue weighted by atomic mass is 9.78. The molecule has 10 heteroatoms. The van der Waals surface area contributed by atoms with E-state index in [1.807, 2.05) is 48.5 Å². The fraction of sp³-hybridized carbons (Fsp3) is 0.455. The second-order valence-corrected chi connectivity index (χ2v) is 11.3. The van der Waals surface area contributed by atoms with E-state index < -0.39 is 35.7 Å². The number of aliphatic hydroxyl groups excluding tert-OH is 2. The lowest BCUT2D eigenvalue weighted by Gasteiger charge is -2.30. The van der Waals surface area contributed by atoms with Crippen LogP contribution in [0.15, 0.2) is 73.8 Å². The largest absolute Gasteiger partial charge is 0.463 e. The van der Waals surface area contributed by atoms with Gasteiger partial charge < -0.3 is 38.6 Å². The summed E-state index contributed by atoms with van der Waals surface area (Å²) in [5.74, 6) is -2.13. The van der Waals surface area contributed by atoms with Gasteiger partial charge in [0.25, 0.3) is 0 Å². The average molecular weight is 601 g/mol. The maximum absolute atomic E-state index is 11.1. The smallest absolute Gasteiger partial charge is 0.330 e. The normalized spacial score (nSPS) is 13.4. The highest BCUT2D eigenvalue weighted by atomic mass is 16.7. The Kier molecular flexibility index (Phi) is 12.9. The van der Waals surface area contributed by atoms with E-state index >= 15 is 0 Å². The van der Waals surface area contributed by atoms with Crippen LogP contribution in [0.25, 0.3) is 0 Å². The predicted octanol–water partition coefficient (Wildman–Crippen LogP) is 4.46. The summed E-state index contributed by atoms with van der Waals surface area (Å²) in [6.45, 7) is 17.2. The summed E-state index contributed by atoms with van der Waals surface area (Å²) in [4.78, 5) is 22.3. The molecule has 10 nitrogen and oxygen atoms in total. The monoisotopic (exact) mass is 600 g/mol. The van der Waals surface area contributed by atoms with Crippen LogP contribution in [0.4, 0.5) is 0 Å². The second-order valence-electron chi connectivity index (χ2n) is 11.3. The van der Waals surface area contributed by atoms with Crippen LogP contribution in [0.5, 0.6) is 11.5 Å². The predicted molar refractivity (Wildman–Crippen MR) is 161 cm³/mol. The molecule has 2 aromatic carbocycles. The topological polar surface area (TPSA) is 130 Å². The van der Waals surface area contributed by atoms with Gasteiger partial charge in [-0.2, -0.15) is 0 Å². The Morgan fingerprint density at radius 3 is 1.28 bits per heavy atom. The molecule has 2 atom stereocenters. The maximum atomic E-state index is 11.1. The summed E-state index contributed by atoms with van der Waals surface area (Å²) >= 11 is 0. The third kappa shape index (κ3) is 12.2. The van der Waals surface area contributed by atoms with Crippen LogP contribution in [0.3, 0.4) is 0 Å². The molecule has 0 spiro atoms. The van der Waals surface area contributed by atoms with E-state index in [0.717, 1.165) is 23.3 Å². The van der Waals surface area contributed by atoms with Crippen molar-refractivity contribution in [1.82, 2.24) is 0 Å². The number of carbonyl (C=O) groups excluding carboxylic acids is 2. The molecule has 2 N–H and O–H groups in total. The van der Waals surface area contributed by atoms with Crippen molar-refractivity contribution in [1.29, 1.82) is 0 Å². The second kappa shape index (κ2) is 15.7. The minimum atomic E-state index is -1.04. The van der Waals surface area contributed by atoms with Gasteiger partial charge in [-0.3, -0.25) is 0 Å². The molecule has 43 heavy (non-hydrogen) atoms. The van der Waals surface area contributed by atoms with E-state index in [9.17, 15) is 19.8 Å². The van der Waals surface area contributed by atoms with Crippen LogP contribution >= 0.6 is 0 Å². The van der Waals surface area contributed by atoms with Crippen molar-refractivity contribution in [3.05, 3.63) is 85.0 Å². The maximum Gasteiger partial charge on any atom is 0.330 e. The van der Waals surface area contributed by atoms with Gasteiger partial charge in [-0.25, -0.2) is 9.59 Å². The molecular formula is C33H44O10. The molecule has 0 bridgehead atoms. The summed E-state index contributed by atoms with van der Waals surface area (Å²) in [6.07, 6.45) is 0.0509. The van der Waals surface area contributed by atoms with Crippen molar-refractivity contribution in [3.8, 4) is 11.5 Å². The zero-order chi connectivity index (χ0) is 32.3. The SMILES string of the molecule is C=CC(=O)OCC(O)COC(C)(C)Oc1ccc(C(C)(C)c2ccc(OC(C)(C)OCC(O)COC(=O)C=C)cc2)cc1. The molecule has 0 aromatic heterocycles. The van der Waals surface area contributed by atoms with E-state index in [4.69, 9.17) is 28.4 Å². The van der Waals surface area contributed by atoms with Crippen LogP contribution in [0.1, 0.15) is 52.7 Å². The van der Waals surface area contributed by atoms with Gasteiger partial charge in [0, 0.05) is 45.3 Å². The Bertz CT molecular complexity index is 1110. The van der Waals surface area contributed by atoms with Gasteiger partial charge in [0.05, 0.1) is 13.2 Å². The van der Waals surface area contributed by atoms with Gasteiger partial charge in [-0.15, -0.1) is 0 Å². The van der Waals surface area contributed by atoms with Crippen LogP contribution in [0, 0.1) is 0 Å². The molecule has 2 aromatic rings. The van der Waals surface area contributed by atoms with Crippen LogP contribution in [0.2, 0.25) is 0 Å². The van der Waals surface area contributed by atoms with Gasteiger partial charge in [0.1, 0.15) is 36.9 Å². The molecular weight excluding hydrogens is 556 g/mol. The summed E-state index contributed by atoms with van der Waals surface area (Å²) < 4.78 is 32.9. The van der Waals surface area contributed by atoms with Crippen molar-refractivity contribution in [2.75, 3.05) is 26.4 Å². The first-order valence-corrected chi connectivity index (χ1v) is 13.9. The Morgan fingerprint density at radius 1 is 0.651 bits per heavy atom. The zero-order valence-corrected chi connectivity index (χ0v) is 25.8.